The van der Waals surface area contributed by atoms with Crippen molar-refractivity contribution in [3.05, 3.63) is 92.6 Å². The van der Waals surface area contributed by atoms with Crippen LogP contribution in [-0.4, -0.2) is 31.2 Å². The number of halogens is 12. The highest BCUT2D eigenvalue weighted by Crippen LogP contribution is 2.55. The van der Waals surface area contributed by atoms with Gasteiger partial charge in [0.2, 0.25) is 0 Å². The van der Waals surface area contributed by atoms with Crippen molar-refractivity contribution in [3.8, 4) is 0 Å². The van der Waals surface area contributed by atoms with Gasteiger partial charge in [-0.1, -0.05) is 6.07 Å². The Labute approximate surface area is 236 Å². The lowest BCUT2D eigenvalue weighted by molar-refractivity contribution is -0.605. The molecule has 18 heteroatoms. The van der Waals surface area contributed by atoms with Gasteiger partial charge in [-0.2, -0.15) is 44.2 Å². The Hall–Kier alpha value is -3.96. The van der Waals surface area contributed by atoms with Gasteiger partial charge in [0.25, 0.3) is 11.8 Å². The molecule has 0 aliphatic carbocycles. The Morgan fingerprint density at radius 2 is 1.45 bits per heavy atom. The Morgan fingerprint density at radius 3 is 1.95 bits per heavy atom. The zero-order valence-corrected chi connectivity index (χ0v) is 21.9. The lowest BCUT2D eigenvalue weighted by Gasteiger charge is -2.31. The van der Waals surface area contributed by atoms with Gasteiger partial charge < -0.3 is 15.4 Å². The number of amides is 2. The predicted molar refractivity (Wildman–Crippen MR) is 127 cm³/mol. The summed E-state index contributed by atoms with van der Waals surface area (Å²) in [6.07, 6.45) is -17.3. The van der Waals surface area contributed by atoms with Gasteiger partial charge in [0.15, 0.2) is 18.2 Å². The number of carbonyl (C=O) groups excluding carboxylic acids is 2. The minimum Gasteiger partial charge on any atom is -0.619 e. The molecular weight excluding hydrogens is 667 g/mol. The van der Waals surface area contributed by atoms with Crippen LogP contribution in [0, 0.1) is 11.0 Å². The molecule has 0 saturated heterocycles. The normalized spacial score (nSPS) is 12.7. The molecule has 3 rings (SSSR count). The van der Waals surface area contributed by atoms with Crippen LogP contribution in [0.15, 0.2) is 59.3 Å². The molecule has 0 aliphatic heterocycles. The lowest BCUT2D eigenvalue weighted by Crippen LogP contribution is -2.50. The third kappa shape index (κ3) is 5.98. The number of pyridine rings is 1. The Bertz CT molecular complexity index is 1510. The van der Waals surface area contributed by atoms with Crippen LogP contribution >= 0.6 is 15.9 Å². The van der Waals surface area contributed by atoms with Crippen molar-refractivity contribution in [1.29, 1.82) is 0 Å². The maximum absolute atomic E-state index is 15.3. The fourth-order valence-electron chi connectivity index (χ4n) is 3.64. The average Bonchev–Trinajstić information content (AvgIpc) is 2.86. The van der Waals surface area contributed by atoms with E-state index in [-0.39, 0.29) is 11.6 Å². The van der Waals surface area contributed by atoms with Crippen molar-refractivity contribution >= 4 is 39.1 Å². The summed E-state index contributed by atoms with van der Waals surface area (Å²) in [7, 11) is 1.06. The maximum atomic E-state index is 15.3. The number of aromatic nitrogens is 1. The van der Waals surface area contributed by atoms with Crippen LogP contribution in [0.4, 0.5) is 59.7 Å². The molecule has 0 atom stereocenters. The molecule has 1 heterocycles. The highest BCUT2D eigenvalue weighted by atomic mass is 79.9. The van der Waals surface area contributed by atoms with E-state index in [1.54, 1.807) is 5.32 Å². The van der Waals surface area contributed by atoms with Crippen LogP contribution < -0.4 is 14.9 Å². The first kappa shape index (κ1) is 32.6. The number of rotatable bonds is 5. The van der Waals surface area contributed by atoms with E-state index in [0.29, 0.717) is 9.63 Å². The van der Waals surface area contributed by atoms with Gasteiger partial charge in [-0.25, -0.2) is 8.78 Å². The van der Waals surface area contributed by atoms with E-state index in [4.69, 9.17) is 0 Å². The van der Waals surface area contributed by atoms with Crippen molar-refractivity contribution in [3.63, 3.8) is 0 Å². The number of anilines is 2. The first-order valence-corrected chi connectivity index (χ1v) is 11.7. The molecule has 0 fully saturated rings. The van der Waals surface area contributed by atoms with Crippen molar-refractivity contribution < 1.29 is 62.6 Å². The molecule has 1 aromatic heterocycles. The number of nitrogens with zero attached hydrogens (tertiary/aromatic N) is 2. The van der Waals surface area contributed by atoms with E-state index in [0.717, 1.165) is 49.8 Å². The van der Waals surface area contributed by atoms with Gasteiger partial charge in [0.1, 0.15) is 0 Å². The third-order valence-corrected chi connectivity index (χ3v) is 6.38. The summed E-state index contributed by atoms with van der Waals surface area (Å²) in [5.41, 5.74) is -14.2. The second-order valence-corrected chi connectivity index (χ2v) is 9.29. The molecule has 1 N–H and O–H groups in total. The van der Waals surface area contributed by atoms with Crippen LogP contribution in [-0.2, 0) is 11.8 Å². The van der Waals surface area contributed by atoms with Gasteiger partial charge in [-0.3, -0.25) is 9.59 Å². The van der Waals surface area contributed by atoms with Crippen molar-refractivity contribution in [2.75, 3.05) is 17.3 Å². The highest BCUT2D eigenvalue weighted by molar-refractivity contribution is 9.10. The molecule has 0 saturated carbocycles. The second kappa shape index (κ2) is 11.0. The number of hydrogen-bond donors (Lipinski definition) is 1. The molecule has 42 heavy (non-hydrogen) atoms. The van der Waals surface area contributed by atoms with E-state index in [2.05, 4.69) is 15.9 Å². The van der Waals surface area contributed by atoms with E-state index < -0.39 is 80.4 Å². The zero-order chi connectivity index (χ0) is 32.0. The largest absolute Gasteiger partial charge is 0.619 e. The van der Waals surface area contributed by atoms with Crippen LogP contribution in [0.2, 0.25) is 0 Å². The van der Waals surface area contributed by atoms with Crippen molar-refractivity contribution in [2.45, 2.75) is 24.2 Å². The maximum Gasteiger partial charge on any atom is 0.435 e. The number of hydrogen-bond acceptors (Lipinski definition) is 3. The van der Waals surface area contributed by atoms with Crippen molar-refractivity contribution in [2.24, 2.45) is 0 Å². The molecule has 0 bridgehead atoms. The third-order valence-electron chi connectivity index (χ3n) is 5.75. The number of benzene rings is 2. The van der Waals surface area contributed by atoms with Crippen LogP contribution in [0.5, 0.6) is 0 Å². The van der Waals surface area contributed by atoms with Crippen LogP contribution in [0.3, 0.4) is 0 Å². The zero-order valence-electron chi connectivity index (χ0n) is 20.4. The minimum atomic E-state index is -6.73. The van der Waals surface area contributed by atoms with Crippen LogP contribution in [0.25, 0.3) is 0 Å². The molecule has 3 aromatic rings. The first-order valence-electron chi connectivity index (χ1n) is 10.9. The SMILES string of the molecule is CN(C(=O)c1cc[n+]([O-])cc1)c1cccc(C(=O)Nc2c(Br)cc(C(F)(C(F)(F)F)C(F)(F)F)cc2C(F)(F)F)c1F. The second-order valence-electron chi connectivity index (χ2n) is 8.44. The summed E-state index contributed by atoms with van der Waals surface area (Å²) in [4.78, 5) is 26.2. The molecule has 2 aromatic carbocycles. The molecule has 2 amide bonds. The lowest BCUT2D eigenvalue weighted by atomic mass is 9.92. The Balaban J connectivity index is 2.07. The van der Waals surface area contributed by atoms with E-state index in [1.807, 2.05) is 0 Å². The summed E-state index contributed by atoms with van der Waals surface area (Å²) in [6.45, 7) is 0. The molecule has 0 unspecified atom stereocenters. The molecule has 0 spiro atoms. The molecule has 0 radical (unpaired) electrons. The van der Waals surface area contributed by atoms with Crippen molar-refractivity contribution in [1.82, 2.24) is 0 Å². The quantitative estimate of drug-likeness (QED) is 0.178. The standard InChI is InChI=1S/C24H13BrF11N3O3/c1-38(20(41)11-5-7-39(42)8-6-11)16-4-2-3-13(17(16)26)19(40)37-18-14(22(28,29)30)9-12(10-15(18)25)21(27,23(31,32)33)24(34,35)36/h2-10H,1H3,(H,37,40). The number of carbonyl (C=O) groups is 2. The minimum absolute atomic E-state index is 0.0978. The molecule has 0 aliphatic rings. The Kier molecular flexibility index (Phi) is 8.55. The fourth-order valence-corrected chi connectivity index (χ4v) is 4.20. The monoisotopic (exact) mass is 679 g/mol. The molecular formula is C24H13BrF11N3O3. The van der Waals surface area contributed by atoms with E-state index >= 15 is 4.39 Å². The van der Waals surface area contributed by atoms with E-state index in [9.17, 15) is 58.7 Å². The van der Waals surface area contributed by atoms with Gasteiger partial charge in [0, 0.05) is 29.2 Å². The van der Waals surface area contributed by atoms with Gasteiger partial charge >= 0.3 is 24.2 Å². The van der Waals surface area contributed by atoms with E-state index in [1.165, 1.54) is 0 Å². The first-order chi connectivity index (χ1) is 19.1. The summed E-state index contributed by atoms with van der Waals surface area (Å²) >= 11 is 2.34. The molecule has 6 nitrogen and oxygen atoms in total. The predicted octanol–water partition coefficient (Wildman–Crippen LogP) is 7.06. The summed E-state index contributed by atoms with van der Waals surface area (Å²) in [5, 5.41) is 12.7. The summed E-state index contributed by atoms with van der Waals surface area (Å²) in [6, 6.07) is 3.92. The Morgan fingerprint density at radius 1 is 0.905 bits per heavy atom. The topological polar surface area (TPSA) is 76.3 Å². The van der Waals surface area contributed by atoms with Gasteiger partial charge in [-0.15, -0.1) is 0 Å². The fraction of sp³-hybridized carbons (Fsp3) is 0.208. The van der Waals surface area contributed by atoms with Gasteiger partial charge in [-0.05, 0) is 40.2 Å². The summed E-state index contributed by atoms with van der Waals surface area (Å²) in [5.74, 6) is -4.01. The smallest absolute Gasteiger partial charge is 0.435 e. The van der Waals surface area contributed by atoms with Crippen LogP contribution in [0.1, 0.15) is 31.8 Å². The highest BCUT2D eigenvalue weighted by Gasteiger charge is 2.73. The number of alkyl halides is 10. The average molecular weight is 680 g/mol. The molecule has 226 valence electrons. The number of nitrogens with one attached hydrogen (secondary N) is 1. The van der Waals surface area contributed by atoms with Gasteiger partial charge in [0.05, 0.1) is 28.1 Å². The summed E-state index contributed by atoms with van der Waals surface area (Å²) < 4.78 is 149.